The van der Waals surface area contributed by atoms with Gasteiger partial charge in [0, 0.05) is 0 Å². The van der Waals surface area contributed by atoms with Crippen LogP contribution in [-0.4, -0.2) is 103 Å². The standard InChI is InChI=1S/C14H29O.C4H6O7S.K/c1-3-5-6-7-8-9-10-11-12-13-14-15-4-2;5-3(6)1-2(4(7)8)12(9,10)11;/h2-14H2,1H3;2H,1H2,(H,5,6)(H,7,8)(H,9,10,11);. The maximum atomic E-state index is 10.2. The van der Waals surface area contributed by atoms with Crippen LogP contribution in [0.4, 0.5) is 0 Å². The molecule has 0 spiro atoms. The minimum atomic E-state index is -4.84. The first-order valence-corrected chi connectivity index (χ1v) is 13.9. The minimum Gasteiger partial charge on any atom is -0.481 e. The smallest absolute Gasteiger partial charge is 0.325 e. The fourth-order valence-electron chi connectivity index (χ4n) is 2.42. The molecule has 0 aromatic carbocycles. The molecule has 1 unspecified atom stereocenters. The average Bonchev–Trinajstić information content (AvgIpc) is 2.60. The second kappa shape index (κ2) is 20.7. The largest absolute Gasteiger partial charge is 0.481 e. The molecule has 1 atom stereocenters. The summed E-state index contributed by atoms with van der Waals surface area (Å²) in [6, 6.07) is 0. The molecule has 0 amide bonds. The van der Waals surface area contributed by atoms with Crippen molar-refractivity contribution in [3.05, 3.63) is 0 Å². The van der Waals surface area contributed by atoms with Crippen molar-refractivity contribution in [2.24, 2.45) is 0 Å². The zero-order valence-corrected chi connectivity index (χ0v) is 21.2. The molecule has 0 bridgehead atoms. The van der Waals surface area contributed by atoms with E-state index in [-0.39, 0.29) is 0 Å². The van der Waals surface area contributed by atoms with Gasteiger partial charge in [0.2, 0.25) is 0 Å². The Bertz CT molecular complexity index is 482. The van der Waals surface area contributed by atoms with Gasteiger partial charge in [-0.25, -0.2) is 0 Å². The van der Waals surface area contributed by atoms with E-state index in [1.165, 1.54) is 64.7 Å². The third-order valence-electron chi connectivity index (χ3n) is 3.99. The van der Waals surface area contributed by atoms with Crippen LogP contribution in [0.15, 0.2) is 0 Å². The summed E-state index contributed by atoms with van der Waals surface area (Å²) >= 11 is 0.977. The van der Waals surface area contributed by atoms with Crippen molar-refractivity contribution < 1.29 is 37.5 Å². The van der Waals surface area contributed by atoms with Crippen molar-refractivity contribution >= 4 is 71.0 Å². The number of hydrogen-bond donors (Lipinski definition) is 3. The monoisotopic (exact) mass is 450 g/mol. The predicted molar refractivity (Wildman–Crippen MR) is 108 cm³/mol. The van der Waals surface area contributed by atoms with Gasteiger partial charge in [0.1, 0.15) is 0 Å². The summed E-state index contributed by atoms with van der Waals surface area (Å²) < 4.78 is 35.5. The third kappa shape index (κ3) is 22.7. The molecule has 10 heteroatoms. The summed E-state index contributed by atoms with van der Waals surface area (Å²) in [5.74, 6) is -3.50. The summed E-state index contributed by atoms with van der Waals surface area (Å²) in [6.45, 7) is 4.31. The van der Waals surface area contributed by atoms with Crippen molar-refractivity contribution in [2.75, 3.05) is 13.2 Å². The van der Waals surface area contributed by atoms with Gasteiger partial charge in [0.25, 0.3) is 10.1 Å². The summed E-state index contributed by atoms with van der Waals surface area (Å²) in [7, 11) is -4.84. The number of aliphatic carboxylic acids is 2. The third-order valence-corrected chi connectivity index (χ3v) is 5.71. The van der Waals surface area contributed by atoms with E-state index in [1.54, 1.807) is 0 Å². The van der Waals surface area contributed by atoms with Gasteiger partial charge in [0.05, 0.1) is 6.42 Å². The van der Waals surface area contributed by atoms with E-state index in [1.807, 2.05) is 0 Å². The van der Waals surface area contributed by atoms with E-state index < -0.39 is 33.7 Å². The maximum absolute atomic E-state index is 10.2. The van der Waals surface area contributed by atoms with E-state index in [0.29, 0.717) is 0 Å². The molecule has 0 saturated heterocycles. The molecule has 8 nitrogen and oxygen atoms in total. The molecule has 0 aromatic heterocycles. The Morgan fingerprint density at radius 1 is 0.893 bits per heavy atom. The van der Waals surface area contributed by atoms with Gasteiger partial charge in [-0.1, -0.05) is 19.8 Å². The fourth-order valence-corrected chi connectivity index (χ4v) is 3.48. The van der Waals surface area contributed by atoms with Crippen LogP contribution in [0.1, 0.15) is 77.6 Å². The van der Waals surface area contributed by atoms with E-state index in [0.717, 1.165) is 62.2 Å². The SMILES string of the molecule is CCCCCCCCCCCCOC[CH2][K].O=C(O)CC(C(=O)O)S(=O)(=O)O. The quantitative estimate of drug-likeness (QED) is 0.174. The molecule has 0 rings (SSSR count). The molecule has 0 fully saturated rings. The van der Waals surface area contributed by atoms with Crippen LogP contribution in [-0.2, 0) is 24.4 Å². The number of ether oxygens (including phenoxy) is 1. The first-order chi connectivity index (χ1) is 13.2. The molecule has 162 valence electrons. The zero-order chi connectivity index (χ0) is 21.8. The van der Waals surface area contributed by atoms with Crippen molar-refractivity contribution in [3.63, 3.8) is 0 Å². The summed E-state index contributed by atoms with van der Waals surface area (Å²) in [4.78, 5) is 20.0. The molecule has 0 aliphatic heterocycles. The van der Waals surface area contributed by atoms with Gasteiger partial charge >= 0.3 is 131 Å². The molecule has 0 heterocycles. The minimum absolute atomic E-state index is 0.977. The van der Waals surface area contributed by atoms with Gasteiger partial charge in [-0.15, -0.1) is 0 Å². The molecule has 0 aromatic rings. The number of carbonyl (C=O) groups is 2. The molecular weight excluding hydrogens is 415 g/mol. The maximum Gasteiger partial charge on any atom is 0.325 e. The van der Waals surface area contributed by atoms with E-state index in [4.69, 9.17) is 19.5 Å². The van der Waals surface area contributed by atoms with Crippen LogP contribution >= 0.6 is 0 Å². The second-order valence-electron chi connectivity index (χ2n) is 6.73. The molecule has 0 saturated carbocycles. The van der Waals surface area contributed by atoms with Crippen LogP contribution in [0, 0.1) is 0 Å². The summed E-state index contributed by atoms with van der Waals surface area (Å²) in [6.07, 6.45) is 13.0. The second-order valence-corrected chi connectivity index (χ2v) is 9.89. The van der Waals surface area contributed by atoms with E-state index in [9.17, 15) is 18.0 Å². The van der Waals surface area contributed by atoms with Gasteiger partial charge in [-0.2, -0.15) is 8.42 Å². The molecule has 28 heavy (non-hydrogen) atoms. The number of unbranched alkanes of at least 4 members (excludes halogenated alkanes) is 9. The topological polar surface area (TPSA) is 138 Å². The van der Waals surface area contributed by atoms with Crippen LogP contribution < -0.4 is 0 Å². The van der Waals surface area contributed by atoms with Crippen LogP contribution in [0.5, 0.6) is 0 Å². The Morgan fingerprint density at radius 2 is 1.36 bits per heavy atom. The average molecular weight is 451 g/mol. The van der Waals surface area contributed by atoms with Crippen molar-refractivity contribution in [1.82, 2.24) is 0 Å². The van der Waals surface area contributed by atoms with Crippen LogP contribution in [0.3, 0.4) is 0 Å². The van der Waals surface area contributed by atoms with Gasteiger partial charge in [-0.3, -0.25) is 14.1 Å². The molecule has 0 radical (unpaired) electrons. The Hall–Kier alpha value is 0.446. The van der Waals surface area contributed by atoms with E-state index >= 15 is 0 Å². The first-order valence-electron chi connectivity index (χ1n) is 10.1. The molecular formula is C18H35KO8S. The Labute approximate surface area is 203 Å². The summed E-state index contributed by atoms with van der Waals surface area (Å²) in [5.41, 5.74) is 0. The van der Waals surface area contributed by atoms with Crippen LogP contribution in [0.2, 0.25) is 0.515 Å². The molecule has 0 aliphatic rings. The number of carboxylic acids is 2. The normalized spacial score (nSPS) is 12.1. The Kier molecular flexibility index (Phi) is 22.7. The van der Waals surface area contributed by atoms with Crippen molar-refractivity contribution in [2.45, 2.75) is 83.3 Å². The predicted octanol–water partition coefficient (Wildman–Crippen LogP) is 3.31. The van der Waals surface area contributed by atoms with Crippen molar-refractivity contribution in [3.8, 4) is 0 Å². The van der Waals surface area contributed by atoms with Crippen molar-refractivity contribution in [1.29, 1.82) is 0 Å². The first kappa shape index (κ1) is 30.6. The van der Waals surface area contributed by atoms with Gasteiger partial charge in [0.15, 0.2) is 5.25 Å². The van der Waals surface area contributed by atoms with Gasteiger partial charge in [-0.05, 0) is 0 Å². The van der Waals surface area contributed by atoms with Gasteiger partial charge < -0.3 is 10.2 Å². The van der Waals surface area contributed by atoms with Crippen LogP contribution in [0.25, 0.3) is 0 Å². The Morgan fingerprint density at radius 3 is 1.68 bits per heavy atom. The molecule has 0 aliphatic carbocycles. The number of carboxylic acid groups (broad SMARTS) is 2. The number of hydrogen-bond acceptors (Lipinski definition) is 5. The van der Waals surface area contributed by atoms with E-state index in [2.05, 4.69) is 6.92 Å². The summed E-state index contributed by atoms with van der Waals surface area (Å²) in [5, 5.41) is 13.9. The zero-order valence-electron chi connectivity index (χ0n) is 17.3. The number of rotatable bonds is 17. The fraction of sp³-hybridized carbons (Fsp3) is 0.889. The molecule has 3 N–H and O–H groups in total. The Balaban J connectivity index is 0.